The number of anilines is 2. The lowest BCUT2D eigenvalue weighted by atomic mass is 10.1. The van der Waals surface area contributed by atoms with Gasteiger partial charge in [0, 0.05) is 18.8 Å². The lowest BCUT2D eigenvalue weighted by molar-refractivity contribution is -0.129. The molecule has 1 aromatic heterocycles. The van der Waals surface area contributed by atoms with Crippen LogP contribution in [-0.2, 0) is 4.79 Å². The molecule has 0 radical (unpaired) electrons. The van der Waals surface area contributed by atoms with Crippen LogP contribution >= 0.6 is 23.1 Å². The molecule has 128 valence electrons. The van der Waals surface area contributed by atoms with Crippen LogP contribution < -0.4 is 5.32 Å². The second-order valence-corrected chi connectivity index (χ2v) is 8.60. The number of nitrogens with zero attached hydrogens (tertiary/aromatic N) is 3. The number of benzene rings is 1. The standard InChI is InChI=1S/C17H22N4OS2/c1-11-7-6-8-14(12(11)2)18-16-19-20-17(24-16)23-13(3)15(22)21-9-4-5-10-21/h6-8,13H,4-5,9-10H2,1-3H3,(H,18,19)/t13-/m1/s1. The van der Waals surface area contributed by atoms with Crippen LogP contribution in [-0.4, -0.2) is 39.3 Å². The van der Waals surface area contributed by atoms with Gasteiger partial charge in [-0.25, -0.2) is 0 Å². The molecule has 1 atom stereocenters. The highest BCUT2D eigenvalue weighted by molar-refractivity contribution is 8.02. The number of carbonyl (C=O) groups is 1. The van der Waals surface area contributed by atoms with E-state index in [1.54, 1.807) is 0 Å². The van der Waals surface area contributed by atoms with Crippen LogP contribution in [0.3, 0.4) is 0 Å². The van der Waals surface area contributed by atoms with Crippen molar-refractivity contribution in [2.45, 2.75) is 43.2 Å². The normalized spacial score (nSPS) is 15.5. The van der Waals surface area contributed by atoms with Crippen LogP contribution in [0.4, 0.5) is 10.8 Å². The van der Waals surface area contributed by atoms with Crippen molar-refractivity contribution in [1.29, 1.82) is 0 Å². The SMILES string of the molecule is Cc1cccc(Nc2nnc(S[C@H](C)C(=O)N3CCCC3)s2)c1C. The summed E-state index contributed by atoms with van der Waals surface area (Å²) >= 11 is 2.98. The molecule has 0 bridgehead atoms. The molecule has 1 aromatic carbocycles. The lowest BCUT2D eigenvalue weighted by Gasteiger charge is -2.18. The summed E-state index contributed by atoms with van der Waals surface area (Å²) in [7, 11) is 0. The summed E-state index contributed by atoms with van der Waals surface area (Å²) in [5, 5.41) is 12.4. The Bertz CT molecular complexity index is 725. The van der Waals surface area contributed by atoms with Crippen LogP contribution in [0.2, 0.25) is 0 Å². The smallest absolute Gasteiger partial charge is 0.235 e. The maximum Gasteiger partial charge on any atom is 0.235 e. The Morgan fingerprint density at radius 3 is 2.79 bits per heavy atom. The molecule has 0 aliphatic carbocycles. The maximum atomic E-state index is 12.4. The first-order valence-electron chi connectivity index (χ1n) is 8.17. The third-order valence-electron chi connectivity index (χ3n) is 4.30. The molecule has 0 saturated carbocycles. The van der Waals surface area contributed by atoms with Crippen LogP contribution in [0.15, 0.2) is 22.5 Å². The number of hydrogen-bond donors (Lipinski definition) is 1. The third kappa shape index (κ3) is 3.89. The fourth-order valence-electron chi connectivity index (χ4n) is 2.71. The minimum absolute atomic E-state index is 0.121. The first kappa shape index (κ1) is 17.2. The van der Waals surface area contributed by atoms with Gasteiger partial charge in [0.25, 0.3) is 0 Å². The summed E-state index contributed by atoms with van der Waals surface area (Å²) in [6.45, 7) is 7.90. The van der Waals surface area contributed by atoms with Crippen molar-refractivity contribution in [1.82, 2.24) is 15.1 Å². The van der Waals surface area contributed by atoms with E-state index in [-0.39, 0.29) is 11.2 Å². The Balaban J connectivity index is 1.63. The Hall–Kier alpha value is -1.60. The van der Waals surface area contributed by atoms with Gasteiger partial charge >= 0.3 is 0 Å². The highest BCUT2D eigenvalue weighted by Gasteiger charge is 2.25. The largest absolute Gasteiger partial charge is 0.342 e. The van der Waals surface area contributed by atoms with E-state index < -0.39 is 0 Å². The van der Waals surface area contributed by atoms with Gasteiger partial charge < -0.3 is 10.2 Å². The van der Waals surface area contributed by atoms with Gasteiger partial charge in [-0.1, -0.05) is 35.2 Å². The minimum atomic E-state index is -0.121. The highest BCUT2D eigenvalue weighted by Crippen LogP contribution is 2.32. The number of nitrogens with one attached hydrogen (secondary N) is 1. The molecule has 7 heteroatoms. The maximum absolute atomic E-state index is 12.4. The number of rotatable bonds is 5. The van der Waals surface area contributed by atoms with Gasteiger partial charge in [0.2, 0.25) is 11.0 Å². The number of likely N-dealkylation sites (tertiary alicyclic amines) is 1. The summed E-state index contributed by atoms with van der Waals surface area (Å²) in [6.07, 6.45) is 2.23. The summed E-state index contributed by atoms with van der Waals surface area (Å²) in [6, 6.07) is 6.15. The van der Waals surface area contributed by atoms with Gasteiger partial charge in [-0.3, -0.25) is 4.79 Å². The topological polar surface area (TPSA) is 58.1 Å². The predicted molar refractivity (Wildman–Crippen MR) is 100 cm³/mol. The number of carbonyl (C=O) groups excluding carboxylic acids is 1. The van der Waals surface area contributed by atoms with Crippen LogP contribution in [0, 0.1) is 13.8 Å². The number of thioether (sulfide) groups is 1. The van der Waals surface area contributed by atoms with Crippen molar-refractivity contribution in [3.05, 3.63) is 29.3 Å². The summed E-state index contributed by atoms with van der Waals surface area (Å²) in [5.41, 5.74) is 3.49. The molecule has 0 spiro atoms. The van der Waals surface area contributed by atoms with Crippen LogP contribution in [0.1, 0.15) is 30.9 Å². The van der Waals surface area contributed by atoms with E-state index in [1.165, 1.54) is 34.2 Å². The molecule has 1 saturated heterocycles. The fourth-order valence-corrected chi connectivity index (χ4v) is 4.70. The Kier molecular flexibility index (Phi) is 5.40. The van der Waals surface area contributed by atoms with Crippen molar-refractivity contribution >= 4 is 39.8 Å². The van der Waals surface area contributed by atoms with E-state index >= 15 is 0 Å². The van der Waals surface area contributed by atoms with Gasteiger partial charge in [-0.05, 0) is 50.8 Å². The van der Waals surface area contributed by atoms with Crippen molar-refractivity contribution in [3.63, 3.8) is 0 Å². The number of aryl methyl sites for hydroxylation is 1. The average Bonchev–Trinajstić information content (AvgIpc) is 3.23. The van der Waals surface area contributed by atoms with Crippen LogP contribution in [0.5, 0.6) is 0 Å². The van der Waals surface area contributed by atoms with E-state index in [2.05, 4.69) is 35.4 Å². The van der Waals surface area contributed by atoms with E-state index in [0.29, 0.717) is 0 Å². The molecule has 1 fully saturated rings. The van der Waals surface area contributed by atoms with Crippen molar-refractivity contribution in [2.24, 2.45) is 0 Å². The molecular weight excluding hydrogens is 340 g/mol. The van der Waals surface area contributed by atoms with Gasteiger partial charge in [0.1, 0.15) is 0 Å². The molecule has 5 nitrogen and oxygen atoms in total. The van der Waals surface area contributed by atoms with E-state index in [9.17, 15) is 4.79 Å². The molecule has 24 heavy (non-hydrogen) atoms. The van der Waals surface area contributed by atoms with E-state index in [0.717, 1.165) is 41.1 Å². The lowest BCUT2D eigenvalue weighted by Crippen LogP contribution is -2.33. The zero-order valence-corrected chi connectivity index (χ0v) is 15.8. The van der Waals surface area contributed by atoms with Crippen molar-refractivity contribution < 1.29 is 4.79 Å². The van der Waals surface area contributed by atoms with E-state index in [4.69, 9.17) is 0 Å². The van der Waals surface area contributed by atoms with Gasteiger partial charge in [-0.15, -0.1) is 10.2 Å². The zero-order valence-electron chi connectivity index (χ0n) is 14.2. The van der Waals surface area contributed by atoms with Crippen molar-refractivity contribution in [3.8, 4) is 0 Å². The molecule has 2 aromatic rings. The first-order valence-corrected chi connectivity index (χ1v) is 9.86. The molecule has 3 rings (SSSR count). The number of amides is 1. The molecular formula is C17H22N4OS2. The third-order valence-corrected chi connectivity index (χ3v) is 6.31. The molecule has 0 unspecified atom stereocenters. The van der Waals surface area contributed by atoms with Gasteiger partial charge in [0.15, 0.2) is 4.34 Å². The second-order valence-electron chi connectivity index (χ2n) is 6.04. The number of hydrogen-bond acceptors (Lipinski definition) is 6. The monoisotopic (exact) mass is 362 g/mol. The van der Waals surface area contributed by atoms with Crippen LogP contribution in [0.25, 0.3) is 0 Å². The molecule has 2 heterocycles. The Morgan fingerprint density at radius 1 is 1.29 bits per heavy atom. The van der Waals surface area contributed by atoms with Gasteiger partial charge in [0.05, 0.1) is 5.25 Å². The summed E-state index contributed by atoms with van der Waals surface area (Å²) in [5.74, 6) is 0.205. The Labute approximate surface area is 150 Å². The molecule has 1 N–H and O–H groups in total. The predicted octanol–water partition coefficient (Wildman–Crippen LogP) is 4.00. The molecule has 1 amide bonds. The Morgan fingerprint density at radius 2 is 2.04 bits per heavy atom. The fraction of sp³-hybridized carbons (Fsp3) is 0.471. The summed E-state index contributed by atoms with van der Waals surface area (Å²) in [4.78, 5) is 14.3. The van der Waals surface area contributed by atoms with Crippen molar-refractivity contribution in [2.75, 3.05) is 18.4 Å². The molecule has 1 aliphatic heterocycles. The first-order chi connectivity index (χ1) is 11.5. The number of aromatic nitrogens is 2. The van der Waals surface area contributed by atoms with Gasteiger partial charge in [-0.2, -0.15) is 0 Å². The quantitative estimate of drug-likeness (QED) is 0.815. The summed E-state index contributed by atoms with van der Waals surface area (Å²) < 4.78 is 0.822. The average molecular weight is 363 g/mol. The highest BCUT2D eigenvalue weighted by atomic mass is 32.2. The molecule has 1 aliphatic rings. The second kappa shape index (κ2) is 7.53. The minimum Gasteiger partial charge on any atom is -0.342 e. The van der Waals surface area contributed by atoms with E-state index in [1.807, 2.05) is 24.0 Å². The zero-order chi connectivity index (χ0) is 17.1.